The van der Waals surface area contributed by atoms with Gasteiger partial charge in [-0.2, -0.15) is 0 Å². The Kier molecular flexibility index (Phi) is 5.74. The molecule has 0 saturated heterocycles. The van der Waals surface area contributed by atoms with Gasteiger partial charge in [0.2, 0.25) is 0 Å². The lowest BCUT2D eigenvalue weighted by molar-refractivity contribution is -0.136. The van der Waals surface area contributed by atoms with Crippen LogP contribution < -0.4 is 10.6 Å². The number of benzene rings is 2. The van der Waals surface area contributed by atoms with Crippen molar-refractivity contribution in [1.82, 2.24) is 5.32 Å². The number of hydrogen-bond acceptors (Lipinski definition) is 2. The van der Waals surface area contributed by atoms with Gasteiger partial charge in [-0.25, -0.2) is 0 Å². The molecule has 0 aliphatic heterocycles. The van der Waals surface area contributed by atoms with Crippen molar-refractivity contribution in [3.8, 4) is 0 Å². The van der Waals surface area contributed by atoms with Gasteiger partial charge in [-0.3, -0.25) is 9.59 Å². The van der Waals surface area contributed by atoms with Crippen LogP contribution >= 0.6 is 0 Å². The van der Waals surface area contributed by atoms with E-state index >= 15 is 0 Å². The minimum Gasteiger partial charge on any atom is -0.347 e. The summed E-state index contributed by atoms with van der Waals surface area (Å²) in [6, 6.07) is 17.4. The highest BCUT2D eigenvalue weighted by Gasteiger charge is 2.15. The van der Waals surface area contributed by atoms with Crippen LogP contribution in [0.15, 0.2) is 54.6 Å². The van der Waals surface area contributed by atoms with E-state index in [-0.39, 0.29) is 5.41 Å². The van der Waals surface area contributed by atoms with Gasteiger partial charge in [0.05, 0.1) is 0 Å². The summed E-state index contributed by atoms with van der Waals surface area (Å²) < 4.78 is 0. The van der Waals surface area contributed by atoms with Crippen LogP contribution in [-0.2, 0) is 21.4 Å². The Morgan fingerprint density at radius 1 is 0.875 bits per heavy atom. The molecule has 0 heterocycles. The molecule has 0 bridgehead atoms. The third kappa shape index (κ3) is 5.23. The fourth-order valence-electron chi connectivity index (χ4n) is 2.29. The van der Waals surface area contributed by atoms with Crippen molar-refractivity contribution in [3.63, 3.8) is 0 Å². The van der Waals surface area contributed by atoms with E-state index < -0.39 is 11.8 Å². The number of amides is 2. The second-order valence-electron chi connectivity index (χ2n) is 6.77. The molecule has 0 aromatic heterocycles. The average molecular weight is 324 g/mol. The van der Waals surface area contributed by atoms with E-state index in [1.165, 1.54) is 5.56 Å². The highest BCUT2D eigenvalue weighted by atomic mass is 16.2. The molecule has 2 N–H and O–H groups in total. The van der Waals surface area contributed by atoms with E-state index in [0.717, 1.165) is 5.56 Å². The molecule has 0 unspecified atom stereocenters. The van der Waals surface area contributed by atoms with E-state index in [9.17, 15) is 9.59 Å². The molecular formula is C20H24N2O2. The maximum absolute atomic E-state index is 11.9. The van der Waals surface area contributed by atoms with Crippen LogP contribution in [0.2, 0.25) is 0 Å². The van der Waals surface area contributed by atoms with Crippen molar-refractivity contribution in [2.24, 2.45) is 0 Å². The predicted molar refractivity (Wildman–Crippen MR) is 96.9 cm³/mol. The summed E-state index contributed by atoms with van der Waals surface area (Å²) in [5, 5.41) is 5.25. The Hall–Kier alpha value is -2.62. The zero-order valence-electron chi connectivity index (χ0n) is 14.4. The highest BCUT2D eigenvalue weighted by Crippen LogP contribution is 2.23. The van der Waals surface area contributed by atoms with Gasteiger partial charge in [0.15, 0.2) is 0 Å². The molecule has 2 aromatic rings. The number of carbonyl (C=O) groups excluding carboxylic acids is 2. The van der Waals surface area contributed by atoms with Crippen molar-refractivity contribution in [2.75, 3.05) is 11.9 Å². The molecule has 126 valence electrons. The maximum Gasteiger partial charge on any atom is 0.313 e. The van der Waals surface area contributed by atoms with Crippen molar-refractivity contribution >= 4 is 17.5 Å². The number of hydrogen-bond donors (Lipinski definition) is 2. The first-order chi connectivity index (χ1) is 11.4. The summed E-state index contributed by atoms with van der Waals surface area (Å²) in [6.07, 6.45) is 0.695. The van der Waals surface area contributed by atoms with Gasteiger partial charge in [-0.1, -0.05) is 63.2 Å². The summed E-state index contributed by atoms with van der Waals surface area (Å²) in [5.41, 5.74) is 2.96. The molecular weight excluding hydrogens is 300 g/mol. The van der Waals surface area contributed by atoms with Crippen LogP contribution in [0.25, 0.3) is 0 Å². The van der Waals surface area contributed by atoms with Gasteiger partial charge >= 0.3 is 11.8 Å². The molecule has 0 aliphatic rings. The number of anilines is 1. The molecule has 24 heavy (non-hydrogen) atoms. The lowest BCUT2D eigenvalue weighted by Crippen LogP contribution is -2.36. The molecule has 2 amide bonds. The van der Waals surface area contributed by atoms with Crippen LogP contribution in [0, 0.1) is 0 Å². The summed E-state index contributed by atoms with van der Waals surface area (Å²) in [5.74, 6) is -1.27. The van der Waals surface area contributed by atoms with E-state index in [4.69, 9.17) is 0 Å². The lowest BCUT2D eigenvalue weighted by atomic mass is 9.87. The van der Waals surface area contributed by atoms with Gasteiger partial charge in [-0.05, 0) is 35.1 Å². The maximum atomic E-state index is 11.9. The Labute approximate surface area is 143 Å². The molecule has 0 aliphatic carbocycles. The molecule has 0 saturated carbocycles. The Morgan fingerprint density at radius 3 is 2.08 bits per heavy atom. The van der Waals surface area contributed by atoms with Crippen molar-refractivity contribution < 1.29 is 9.59 Å². The lowest BCUT2D eigenvalue weighted by Gasteiger charge is -2.19. The van der Waals surface area contributed by atoms with Crippen LogP contribution in [0.4, 0.5) is 5.69 Å². The van der Waals surface area contributed by atoms with Crippen LogP contribution in [-0.4, -0.2) is 18.4 Å². The molecule has 4 nitrogen and oxygen atoms in total. The molecule has 0 fully saturated rings. The average Bonchev–Trinajstić information content (AvgIpc) is 2.55. The van der Waals surface area contributed by atoms with Crippen molar-refractivity contribution in [1.29, 1.82) is 0 Å². The normalized spacial score (nSPS) is 11.0. The first-order valence-corrected chi connectivity index (χ1v) is 8.10. The van der Waals surface area contributed by atoms with Gasteiger partial charge in [0.25, 0.3) is 0 Å². The minimum atomic E-state index is -0.647. The van der Waals surface area contributed by atoms with E-state index in [1.54, 1.807) is 0 Å². The first-order valence-electron chi connectivity index (χ1n) is 8.10. The number of carbonyl (C=O) groups is 2. The predicted octanol–water partition coefficient (Wildman–Crippen LogP) is 3.28. The quantitative estimate of drug-likeness (QED) is 0.848. The van der Waals surface area contributed by atoms with E-state index in [0.29, 0.717) is 18.7 Å². The monoisotopic (exact) mass is 324 g/mol. The largest absolute Gasteiger partial charge is 0.347 e. The minimum absolute atomic E-state index is 0.0529. The Balaban J connectivity index is 1.82. The number of nitrogens with one attached hydrogen (secondary N) is 2. The SMILES string of the molecule is CC(C)(C)c1ccc(NC(=O)C(=O)NCCc2ccccc2)cc1. The van der Waals surface area contributed by atoms with Crippen LogP contribution in [0.3, 0.4) is 0 Å². The van der Waals surface area contributed by atoms with E-state index in [2.05, 4.69) is 31.4 Å². The standard InChI is InChI=1S/C20H24N2O2/c1-20(2,3)16-9-11-17(12-10-16)22-19(24)18(23)21-14-13-15-7-5-4-6-8-15/h4-12H,13-14H2,1-3H3,(H,21,23)(H,22,24). The summed E-state index contributed by atoms with van der Waals surface area (Å²) >= 11 is 0. The van der Waals surface area contributed by atoms with Crippen LogP contribution in [0.5, 0.6) is 0 Å². The summed E-state index contributed by atoms with van der Waals surface area (Å²) in [7, 11) is 0. The van der Waals surface area contributed by atoms with Gasteiger partial charge in [-0.15, -0.1) is 0 Å². The summed E-state index contributed by atoms with van der Waals surface area (Å²) in [6.45, 7) is 6.81. The second-order valence-corrected chi connectivity index (χ2v) is 6.77. The third-order valence-corrected chi connectivity index (χ3v) is 3.76. The second kappa shape index (κ2) is 7.77. The molecule has 0 spiro atoms. The van der Waals surface area contributed by atoms with Crippen molar-refractivity contribution in [2.45, 2.75) is 32.6 Å². The molecule has 2 aromatic carbocycles. The summed E-state index contributed by atoms with van der Waals surface area (Å²) in [4.78, 5) is 23.8. The van der Waals surface area contributed by atoms with Gasteiger partial charge in [0, 0.05) is 12.2 Å². The zero-order valence-corrected chi connectivity index (χ0v) is 14.4. The molecule has 4 heteroatoms. The van der Waals surface area contributed by atoms with Gasteiger partial charge in [0.1, 0.15) is 0 Å². The van der Waals surface area contributed by atoms with Crippen LogP contribution in [0.1, 0.15) is 31.9 Å². The zero-order chi connectivity index (χ0) is 17.6. The molecule has 0 radical (unpaired) electrons. The smallest absolute Gasteiger partial charge is 0.313 e. The topological polar surface area (TPSA) is 58.2 Å². The first kappa shape index (κ1) is 17.7. The Bertz CT molecular complexity index is 686. The van der Waals surface area contributed by atoms with Gasteiger partial charge < -0.3 is 10.6 Å². The fourth-order valence-corrected chi connectivity index (χ4v) is 2.29. The molecule has 2 rings (SSSR count). The fraction of sp³-hybridized carbons (Fsp3) is 0.300. The third-order valence-electron chi connectivity index (χ3n) is 3.76. The molecule has 0 atom stereocenters. The Morgan fingerprint density at radius 2 is 1.50 bits per heavy atom. The van der Waals surface area contributed by atoms with E-state index in [1.807, 2.05) is 54.6 Å². The highest BCUT2D eigenvalue weighted by molar-refractivity contribution is 6.39. The number of rotatable bonds is 4. The van der Waals surface area contributed by atoms with Crippen molar-refractivity contribution in [3.05, 3.63) is 65.7 Å².